The Kier molecular flexibility index (Phi) is 7.92. The molecular weight excluding hydrogens is 400 g/mol. The van der Waals surface area contributed by atoms with Gasteiger partial charge in [0.05, 0.1) is 0 Å². The summed E-state index contributed by atoms with van der Waals surface area (Å²) in [6.45, 7) is 9.92. The van der Waals surface area contributed by atoms with Crippen LogP contribution in [0, 0.1) is 5.92 Å². The van der Waals surface area contributed by atoms with Crippen LogP contribution in [0.5, 0.6) is 0 Å². The fraction of sp³-hybridized carbons (Fsp3) is 0.609. The van der Waals surface area contributed by atoms with Crippen molar-refractivity contribution in [2.75, 3.05) is 13.1 Å². The van der Waals surface area contributed by atoms with E-state index in [2.05, 4.69) is 5.32 Å². The first-order chi connectivity index (χ1) is 14.4. The van der Waals surface area contributed by atoms with Crippen molar-refractivity contribution in [3.8, 4) is 0 Å². The molecule has 0 aliphatic carbocycles. The number of nitrogens with zero attached hydrogens (tertiary/aromatic N) is 1. The second kappa shape index (κ2) is 10.0. The number of alkyl carbamates (subject to hydrolysis) is 1. The predicted octanol–water partition coefficient (Wildman–Crippen LogP) is 4.14. The Balaban J connectivity index is 2.15. The lowest BCUT2D eigenvalue weighted by molar-refractivity contribution is -0.140. The van der Waals surface area contributed by atoms with Gasteiger partial charge in [-0.15, -0.1) is 0 Å². The van der Waals surface area contributed by atoms with E-state index in [0.717, 1.165) is 5.56 Å². The highest BCUT2D eigenvalue weighted by Crippen LogP contribution is 2.37. The van der Waals surface area contributed by atoms with E-state index in [9.17, 15) is 19.5 Å². The highest BCUT2D eigenvalue weighted by atomic mass is 16.6. The fourth-order valence-corrected chi connectivity index (χ4v) is 3.61. The van der Waals surface area contributed by atoms with E-state index in [-0.39, 0.29) is 5.92 Å². The van der Waals surface area contributed by atoms with Crippen LogP contribution < -0.4 is 5.32 Å². The van der Waals surface area contributed by atoms with Crippen molar-refractivity contribution in [1.82, 2.24) is 10.2 Å². The maximum absolute atomic E-state index is 12.7. The second-order valence-electron chi connectivity index (χ2n) is 9.38. The lowest BCUT2D eigenvalue weighted by Gasteiger charge is -2.41. The SMILES string of the molecule is CC(C)CC(NC(=O)OC1(c2ccccc2)CCN(C(=O)OC(C)(C)C)CC1)C(=O)O. The maximum atomic E-state index is 12.7. The zero-order valence-corrected chi connectivity index (χ0v) is 19.0. The van der Waals surface area contributed by atoms with E-state index < -0.39 is 35.4 Å². The van der Waals surface area contributed by atoms with E-state index in [1.165, 1.54) is 0 Å². The number of nitrogens with one attached hydrogen (secondary N) is 1. The summed E-state index contributed by atoms with van der Waals surface area (Å²) in [7, 11) is 0. The average molecular weight is 435 g/mol. The Labute approximate surface area is 183 Å². The van der Waals surface area contributed by atoms with Gasteiger partial charge in [-0.1, -0.05) is 44.2 Å². The topological polar surface area (TPSA) is 105 Å². The molecule has 1 heterocycles. The molecule has 8 heteroatoms. The van der Waals surface area contributed by atoms with Crippen LogP contribution in [0.2, 0.25) is 0 Å². The number of likely N-dealkylation sites (tertiary alicyclic amines) is 1. The number of carbonyl (C=O) groups is 3. The zero-order chi connectivity index (χ0) is 23.2. The Morgan fingerprint density at radius 3 is 2.19 bits per heavy atom. The minimum absolute atomic E-state index is 0.0987. The van der Waals surface area contributed by atoms with Gasteiger partial charge in [-0.2, -0.15) is 0 Å². The summed E-state index contributed by atoms with van der Waals surface area (Å²) in [4.78, 5) is 38.2. The molecule has 0 bridgehead atoms. The number of hydrogen-bond acceptors (Lipinski definition) is 5. The van der Waals surface area contributed by atoms with Gasteiger partial charge in [0.2, 0.25) is 0 Å². The monoisotopic (exact) mass is 434 g/mol. The predicted molar refractivity (Wildman–Crippen MR) is 116 cm³/mol. The van der Waals surface area contributed by atoms with Crippen LogP contribution in [0.4, 0.5) is 9.59 Å². The van der Waals surface area contributed by atoms with Crippen LogP contribution in [0.3, 0.4) is 0 Å². The molecular formula is C23H34N2O6. The third-order valence-corrected chi connectivity index (χ3v) is 5.11. The molecule has 1 saturated heterocycles. The first-order valence-corrected chi connectivity index (χ1v) is 10.7. The van der Waals surface area contributed by atoms with Crippen molar-refractivity contribution in [2.24, 2.45) is 5.92 Å². The highest BCUT2D eigenvalue weighted by molar-refractivity contribution is 5.80. The normalized spacial score (nSPS) is 17.0. The van der Waals surface area contributed by atoms with E-state index >= 15 is 0 Å². The van der Waals surface area contributed by atoms with E-state index in [0.29, 0.717) is 32.4 Å². The van der Waals surface area contributed by atoms with Crippen LogP contribution in [-0.4, -0.2) is 52.9 Å². The first-order valence-electron chi connectivity index (χ1n) is 10.7. The molecule has 1 atom stereocenters. The molecule has 31 heavy (non-hydrogen) atoms. The second-order valence-corrected chi connectivity index (χ2v) is 9.38. The smallest absolute Gasteiger partial charge is 0.410 e. The van der Waals surface area contributed by atoms with Gasteiger partial charge >= 0.3 is 18.2 Å². The van der Waals surface area contributed by atoms with Crippen molar-refractivity contribution in [1.29, 1.82) is 0 Å². The number of aliphatic carboxylic acids is 1. The van der Waals surface area contributed by atoms with Crippen molar-refractivity contribution in [2.45, 2.75) is 71.1 Å². The van der Waals surface area contributed by atoms with Crippen molar-refractivity contribution in [3.05, 3.63) is 35.9 Å². The number of benzene rings is 1. The Bertz CT molecular complexity index is 764. The largest absolute Gasteiger partial charge is 0.480 e. The molecule has 2 rings (SSSR count). The summed E-state index contributed by atoms with van der Waals surface area (Å²) in [6.07, 6.45) is -0.115. The minimum Gasteiger partial charge on any atom is -0.480 e. The van der Waals surface area contributed by atoms with E-state index in [1.807, 2.05) is 65.0 Å². The summed E-state index contributed by atoms with van der Waals surface area (Å²) in [6, 6.07) is 8.31. The van der Waals surface area contributed by atoms with Gasteiger partial charge in [0, 0.05) is 25.9 Å². The lowest BCUT2D eigenvalue weighted by Crippen LogP contribution is -2.51. The first kappa shape index (κ1) is 24.5. The summed E-state index contributed by atoms with van der Waals surface area (Å²) < 4.78 is 11.3. The lowest BCUT2D eigenvalue weighted by atomic mass is 9.84. The molecule has 0 saturated carbocycles. The maximum Gasteiger partial charge on any atom is 0.410 e. The molecule has 172 valence electrons. The molecule has 1 aliphatic heterocycles. The number of piperidine rings is 1. The molecule has 2 N–H and O–H groups in total. The highest BCUT2D eigenvalue weighted by Gasteiger charge is 2.42. The molecule has 1 aromatic rings. The summed E-state index contributed by atoms with van der Waals surface area (Å²) in [5, 5.41) is 11.9. The molecule has 1 aliphatic rings. The summed E-state index contributed by atoms with van der Waals surface area (Å²) in [5.74, 6) is -0.999. The van der Waals surface area contributed by atoms with Gasteiger partial charge in [0.25, 0.3) is 0 Å². The van der Waals surface area contributed by atoms with Gasteiger partial charge in [0.15, 0.2) is 0 Å². The molecule has 1 unspecified atom stereocenters. The Morgan fingerprint density at radius 2 is 1.71 bits per heavy atom. The van der Waals surface area contributed by atoms with Gasteiger partial charge in [-0.3, -0.25) is 0 Å². The molecule has 1 fully saturated rings. The molecule has 0 aromatic heterocycles. The summed E-state index contributed by atoms with van der Waals surface area (Å²) in [5.41, 5.74) is -0.737. The van der Waals surface area contributed by atoms with Gasteiger partial charge in [-0.05, 0) is 38.7 Å². The third kappa shape index (κ3) is 7.15. The standard InChI is InChI=1S/C23H34N2O6/c1-16(2)15-18(19(26)27)24-20(28)30-23(17-9-7-6-8-10-17)11-13-25(14-12-23)21(29)31-22(3,4)5/h6-10,16,18H,11-15H2,1-5H3,(H,24,28)(H,26,27). The van der Waals surface area contributed by atoms with Crippen LogP contribution in [-0.2, 0) is 19.9 Å². The molecule has 0 radical (unpaired) electrons. The van der Waals surface area contributed by atoms with Crippen molar-refractivity contribution in [3.63, 3.8) is 0 Å². The van der Waals surface area contributed by atoms with Gasteiger partial charge < -0.3 is 24.8 Å². The fourth-order valence-electron chi connectivity index (χ4n) is 3.61. The van der Waals surface area contributed by atoms with Crippen LogP contribution in [0.25, 0.3) is 0 Å². The number of amides is 2. The quantitative estimate of drug-likeness (QED) is 0.697. The minimum atomic E-state index is -1.10. The number of carboxylic acids is 1. The van der Waals surface area contributed by atoms with Crippen molar-refractivity contribution >= 4 is 18.2 Å². The average Bonchev–Trinajstić information content (AvgIpc) is 2.67. The van der Waals surface area contributed by atoms with Gasteiger partial charge in [0.1, 0.15) is 17.2 Å². The molecule has 1 aromatic carbocycles. The number of ether oxygens (including phenoxy) is 2. The number of carboxylic acid groups (broad SMARTS) is 1. The van der Waals surface area contributed by atoms with E-state index in [1.54, 1.807) is 4.90 Å². The summed E-state index contributed by atoms with van der Waals surface area (Å²) >= 11 is 0. The van der Waals surface area contributed by atoms with Crippen LogP contribution in [0.1, 0.15) is 59.4 Å². The zero-order valence-electron chi connectivity index (χ0n) is 19.0. The number of hydrogen-bond donors (Lipinski definition) is 2. The Hall–Kier alpha value is -2.77. The van der Waals surface area contributed by atoms with Crippen LogP contribution >= 0.6 is 0 Å². The molecule has 2 amide bonds. The number of rotatable bonds is 6. The third-order valence-electron chi connectivity index (χ3n) is 5.11. The van der Waals surface area contributed by atoms with Gasteiger partial charge in [-0.25, -0.2) is 14.4 Å². The Morgan fingerprint density at radius 1 is 1.13 bits per heavy atom. The van der Waals surface area contributed by atoms with Crippen molar-refractivity contribution < 1.29 is 29.0 Å². The molecule has 0 spiro atoms. The van der Waals surface area contributed by atoms with E-state index in [4.69, 9.17) is 9.47 Å². The molecule has 8 nitrogen and oxygen atoms in total. The number of carbonyl (C=O) groups excluding carboxylic acids is 2. The van der Waals surface area contributed by atoms with Crippen LogP contribution in [0.15, 0.2) is 30.3 Å².